The predicted molar refractivity (Wildman–Crippen MR) is 119 cm³/mol. The molecule has 6 heteroatoms. The lowest BCUT2D eigenvalue weighted by Crippen LogP contribution is -2.42. The van der Waals surface area contributed by atoms with Gasteiger partial charge in [0.1, 0.15) is 6.10 Å². The van der Waals surface area contributed by atoms with Crippen LogP contribution in [0.4, 0.5) is 0 Å². The second kappa shape index (κ2) is 11.8. The molecule has 0 aliphatic carbocycles. The highest BCUT2D eigenvalue weighted by molar-refractivity contribution is 5.70. The van der Waals surface area contributed by atoms with E-state index in [2.05, 4.69) is 26.8 Å². The van der Waals surface area contributed by atoms with Gasteiger partial charge in [-0.3, -0.25) is 4.79 Å². The number of aliphatic hydroxyl groups excluding tert-OH is 1. The van der Waals surface area contributed by atoms with Gasteiger partial charge in [-0.15, -0.1) is 0 Å². The lowest BCUT2D eigenvalue weighted by atomic mass is 9.87. The Morgan fingerprint density at radius 1 is 1.06 bits per heavy atom. The summed E-state index contributed by atoms with van der Waals surface area (Å²) < 4.78 is 24.3. The summed E-state index contributed by atoms with van der Waals surface area (Å²) in [6.45, 7) is 6.59. The summed E-state index contributed by atoms with van der Waals surface area (Å²) in [6.07, 6.45) is 9.64. The van der Waals surface area contributed by atoms with Gasteiger partial charge in [-0.25, -0.2) is 0 Å². The van der Waals surface area contributed by atoms with E-state index < -0.39 is 6.10 Å². The maximum absolute atomic E-state index is 12.7. The highest BCUT2D eigenvalue weighted by Crippen LogP contribution is 2.33. The minimum Gasteiger partial charge on any atom is -0.458 e. The van der Waals surface area contributed by atoms with Gasteiger partial charge in [0.05, 0.1) is 43.0 Å². The van der Waals surface area contributed by atoms with E-state index in [1.807, 2.05) is 6.08 Å². The van der Waals surface area contributed by atoms with Crippen LogP contribution in [0.5, 0.6) is 0 Å². The van der Waals surface area contributed by atoms with Crippen molar-refractivity contribution in [3.8, 4) is 0 Å². The van der Waals surface area contributed by atoms with E-state index in [0.717, 1.165) is 25.7 Å². The summed E-state index contributed by atoms with van der Waals surface area (Å²) in [5, 5.41) is 10.4. The van der Waals surface area contributed by atoms with Gasteiger partial charge < -0.3 is 24.1 Å². The molecule has 3 aliphatic rings. The Labute approximate surface area is 187 Å². The van der Waals surface area contributed by atoms with Crippen molar-refractivity contribution in [2.75, 3.05) is 7.11 Å². The highest BCUT2D eigenvalue weighted by atomic mass is 16.6. The zero-order chi connectivity index (χ0) is 22.4. The maximum Gasteiger partial charge on any atom is 0.309 e. The third-order valence-electron chi connectivity index (χ3n) is 6.89. The summed E-state index contributed by atoms with van der Waals surface area (Å²) in [4.78, 5) is 12.7. The quantitative estimate of drug-likeness (QED) is 0.524. The molecule has 0 amide bonds. The van der Waals surface area contributed by atoms with Gasteiger partial charge in [0.15, 0.2) is 0 Å². The van der Waals surface area contributed by atoms with Crippen LogP contribution in [0.25, 0.3) is 0 Å². The van der Waals surface area contributed by atoms with E-state index in [4.69, 9.17) is 18.9 Å². The molecule has 31 heavy (non-hydrogen) atoms. The number of carbonyl (C=O) groups excluding carboxylic acids is 1. The second-order valence-electron chi connectivity index (χ2n) is 10.2. The van der Waals surface area contributed by atoms with Crippen LogP contribution in [0.2, 0.25) is 0 Å². The Morgan fingerprint density at radius 2 is 1.84 bits per heavy atom. The molecular weight excluding hydrogens is 396 g/mol. The minimum atomic E-state index is -0.460. The van der Waals surface area contributed by atoms with Gasteiger partial charge in [-0.1, -0.05) is 26.8 Å². The van der Waals surface area contributed by atoms with E-state index in [1.165, 1.54) is 0 Å². The number of aliphatic hydroxyl groups is 1. The Bertz CT molecular complexity index is 591. The molecule has 3 heterocycles. The molecule has 0 spiro atoms. The van der Waals surface area contributed by atoms with Crippen molar-refractivity contribution in [3.05, 3.63) is 12.2 Å². The standard InChI is InChI=1S/C25H42O6/c1-16(2)6-5-7-19-12-20-9-8-17(3)24(30-20)14-21(28-4)13-22-10-18(26)11-23(29-22)15-25(27)31-19/h5,7,16-24,26H,6,8-15H2,1-4H3/b7-5+/t17-,18-,19-,20-,21-,22-,23+,24+/m0/s1. The molecule has 3 aliphatic heterocycles. The Hall–Kier alpha value is -0.950. The SMILES string of the molecule is CO[C@H]1C[C@@H]2C[C@H](O)C[C@H](CC(=O)O[C@@H](/C=C/CC(C)C)C[C@@H]3CC[C@H](C)[C@@H](C1)O3)O2. The first-order valence-corrected chi connectivity index (χ1v) is 12.2. The van der Waals surface area contributed by atoms with Crippen LogP contribution < -0.4 is 0 Å². The van der Waals surface area contributed by atoms with Crippen molar-refractivity contribution in [2.45, 2.75) is 121 Å². The molecule has 0 aromatic rings. The monoisotopic (exact) mass is 438 g/mol. The molecule has 0 aromatic heterocycles. The molecular formula is C25H42O6. The summed E-state index contributed by atoms with van der Waals surface area (Å²) in [6, 6.07) is 0. The number of esters is 1. The molecule has 0 radical (unpaired) electrons. The maximum atomic E-state index is 12.7. The molecule has 8 atom stereocenters. The average molecular weight is 439 g/mol. The van der Waals surface area contributed by atoms with Crippen LogP contribution in [-0.4, -0.2) is 60.9 Å². The van der Waals surface area contributed by atoms with Crippen LogP contribution >= 0.6 is 0 Å². The number of methoxy groups -OCH3 is 1. The number of hydrogen-bond donors (Lipinski definition) is 1. The number of rotatable bonds is 4. The zero-order valence-electron chi connectivity index (χ0n) is 19.7. The van der Waals surface area contributed by atoms with Crippen molar-refractivity contribution in [1.82, 2.24) is 0 Å². The fraction of sp³-hybridized carbons (Fsp3) is 0.880. The lowest BCUT2D eigenvalue weighted by Gasteiger charge is -2.39. The van der Waals surface area contributed by atoms with Crippen molar-refractivity contribution >= 4 is 5.97 Å². The van der Waals surface area contributed by atoms with Crippen LogP contribution in [0.15, 0.2) is 12.2 Å². The fourth-order valence-electron chi connectivity index (χ4n) is 5.09. The third-order valence-corrected chi connectivity index (χ3v) is 6.89. The van der Waals surface area contributed by atoms with Crippen molar-refractivity contribution < 1.29 is 28.8 Å². The summed E-state index contributed by atoms with van der Waals surface area (Å²) in [5.41, 5.74) is 0. The topological polar surface area (TPSA) is 74.2 Å². The fourth-order valence-corrected chi connectivity index (χ4v) is 5.09. The number of cyclic esters (lactones) is 1. The van der Waals surface area contributed by atoms with Crippen LogP contribution in [-0.2, 0) is 23.7 Å². The van der Waals surface area contributed by atoms with E-state index in [-0.39, 0.29) is 49.0 Å². The van der Waals surface area contributed by atoms with E-state index in [0.29, 0.717) is 37.5 Å². The Morgan fingerprint density at radius 3 is 2.58 bits per heavy atom. The van der Waals surface area contributed by atoms with E-state index in [1.54, 1.807) is 7.11 Å². The van der Waals surface area contributed by atoms with Crippen molar-refractivity contribution in [3.63, 3.8) is 0 Å². The average Bonchev–Trinajstić information content (AvgIpc) is 2.68. The smallest absolute Gasteiger partial charge is 0.309 e. The number of hydrogen-bond acceptors (Lipinski definition) is 6. The van der Waals surface area contributed by atoms with E-state index in [9.17, 15) is 9.90 Å². The molecule has 6 nitrogen and oxygen atoms in total. The zero-order valence-corrected chi connectivity index (χ0v) is 19.7. The van der Waals surface area contributed by atoms with Crippen LogP contribution in [0, 0.1) is 11.8 Å². The van der Waals surface area contributed by atoms with Gasteiger partial charge in [-0.05, 0) is 50.0 Å². The second-order valence-corrected chi connectivity index (χ2v) is 10.2. The third kappa shape index (κ3) is 7.85. The molecule has 4 bridgehead atoms. The Kier molecular flexibility index (Phi) is 9.38. The molecule has 3 saturated heterocycles. The van der Waals surface area contributed by atoms with Gasteiger partial charge in [0, 0.05) is 26.4 Å². The molecule has 0 unspecified atom stereocenters. The first-order valence-electron chi connectivity index (χ1n) is 12.2. The summed E-state index contributed by atoms with van der Waals surface area (Å²) in [7, 11) is 1.74. The molecule has 0 aromatic carbocycles. The number of allylic oxidation sites excluding steroid dienone is 1. The molecule has 3 rings (SSSR count). The Balaban J connectivity index is 1.78. The van der Waals surface area contributed by atoms with Gasteiger partial charge in [-0.2, -0.15) is 0 Å². The van der Waals surface area contributed by atoms with Crippen molar-refractivity contribution in [1.29, 1.82) is 0 Å². The predicted octanol–water partition coefficient (Wildman–Crippen LogP) is 4.18. The van der Waals surface area contributed by atoms with E-state index >= 15 is 0 Å². The lowest BCUT2D eigenvalue weighted by molar-refractivity contribution is -0.165. The summed E-state index contributed by atoms with van der Waals surface area (Å²) >= 11 is 0. The van der Waals surface area contributed by atoms with Gasteiger partial charge in [0.2, 0.25) is 0 Å². The first kappa shape index (κ1) is 24.7. The first-order chi connectivity index (χ1) is 14.8. The highest BCUT2D eigenvalue weighted by Gasteiger charge is 2.36. The summed E-state index contributed by atoms with van der Waals surface area (Å²) in [5.74, 6) is 0.754. The largest absolute Gasteiger partial charge is 0.458 e. The van der Waals surface area contributed by atoms with Crippen LogP contribution in [0.1, 0.15) is 78.6 Å². The molecule has 0 saturated carbocycles. The number of ether oxygens (including phenoxy) is 4. The van der Waals surface area contributed by atoms with Gasteiger partial charge >= 0.3 is 5.97 Å². The number of carbonyl (C=O) groups is 1. The molecule has 178 valence electrons. The van der Waals surface area contributed by atoms with Gasteiger partial charge in [0.25, 0.3) is 0 Å². The normalized spacial score (nSPS) is 40.5. The number of fused-ring (bicyclic) bond motifs is 4. The molecule has 1 N–H and O–H groups in total. The molecule has 3 fully saturated rings. The minimum absolute atomic E-state index is 0.0128. The van der Waals surface area contributed by atoms with Crippen molar-refractivity contribution in [2.24, 2.45) is 11.8 Å². The van der Waals surface area contributed by atoms with Crippen LogP contribution in [0.3, 0.4) is 0 Å².